The zero-order valence-corrected chi connectivity index (χ0v) is 14.4. The number of hydrogen-bond acceptors (Lipinski definition) is 5. The standard InChI is InChI=1S/C18H17F3N2O3/c1-4-24-14-6-5-9-23-17(14,26-23)15-12-10-11(18(19,20)21)7-8-13(12)25-16(2,3)22-15/h5-10H,4H2,1-3H3. The van der Waals surface area contributed by atoms with Gasteiger partial charge in [-0.15, -0.1) is 0 Å². The van der Waals surface area contributed by atoms with Gasteiger partial charge < -0.3 is 9.47 Å². The second-order valence-electron chi connectivity index (χ2n) is 6.58. The third-order valence-corrected chi connectivity index (χ3v) is 4.24. The van der Waals surface area contributed by atoms with Crippen LogP contribution >= 0.6 is 0 Å². The minimum atomic E-state index is -4.47. The summed E-state index contributed by atoms with van der Waals surface area (Å²) in [6.45, 7) is 5.69. The smallest absolute Gasteiger partial charge is 0.416 e. The Morgan fingerprint density at radius 1 is 1.27 bits per heavy atom. The minimum Gasteiger partial charge on any atom is -0.492 e. The Labute approximate surface area is 148 Å². The Balaban J connectivity index is 1.88. The second kappa shape index (κ2) is 5.26. The van der Waals surface area contributed by atoms with Crippen molar-refractivity contribution in [2.75, 3.05) is 6.61 Å². The summed E-state index contributed by atoms with van der Waals surface area (Å²) in [6.07, 6.45) is 0.681. The maximum absolute atomic E-state index is 13.2. The topological polar surface area (TPSA) is 46.4 Å². The summed E-state index contributed by atoms with van der Waals surface area (Å²) in [5.74, 6) is 0.797. The maximum Gasteiger partial charge on any atom is 0.416 e. The number of ether oxygens (including phenoxy) is 2. The highest BCUT2D eigenvalue weighted by molar-refractivity contribution is 6.12. The number of halogens is 3. The van der Waals surface area contributed by atoms with E-state index in [0.29, 0.717) is 23.8 Å². The van der Waals surface area contributed by atoms with Crippen LogP contribution in [0, 0.1) is 0 Å². The molecule has 1 aromatic carbocycles. The Morgan fingerprint density at radius 3 is 2.73 bits per heavy atom. The van der Waals surface area contributed by atoms with Gasteiger partial charge in [0, 0.05) is 11.8 Å². The lowest BCUT2D eigenvalue weighted by Gasteiger charge is -2.32. The largest absolute Gasteiger partial charge is 0.492 e. The lowest BCUT2D eigenvalue weighted by Crippen LogP contribution is -2.41. The normalized spacial score (nSPS) is 25.5. The predicted octanol–water partition coefficient (Wildman–Crippen LogP) is 4.01. The van der Waals surface area contributed by atoms with Crippen LogP contribution in [0.3, 0.4) is 0 Å². The molecule has 0 radical (unpaired) electrons. The first-order valence-corrected chi connectivity index (χ1v) is 8.18. The first-order valence-electron chi connectivity index (χ1n) is 8.18. The quantitative estimate of drug-likeness (QED) is 0.759. The summed E-state index contributed by atoms with van der Waals surface area (Å²) < 4.78 is 51.1. The fraction of sp³-hybridized carbons (Fsp3) is 0.389. The molecule has 0 N–H and O–H groups in total. The molecule has 0 amide bonds. The van der Waals surface area contributed by atoms with Crippen LogP contribution in [0.4, 0.5) is 13.2 Å². The van der Waals surface area contributed by atoms with Crippen LogP contribution in [0.2, 0.25) is 0 Å². The number of aliphatic imine (C=N–C) groups is 1. The van der Waals surface area contributed by atoms with Gasteiger partial charge >= 0.3 is 6.18 Å². The summed E-state index contributed by atoms with van der Waals surface area (Å²) in [4.78, 5) is 10.3. The number of allylic oxidation sites excluding steroid dienone is 2. The maximum atomic E-state index is 13.2. The van der Waals surface area contributed by atoms with Gasteiger partial charge in [0.2, 0.25) is 0 Å². The van der Waals surface area contributed by atoms with Crippen molar-refractivity contribution >= 4 is 5.71 Å². The van der Waals surface area contributed by atoms with Gasteiger partial charge in [-0.2, -0.15) is 13.2 Å². The third kappa shape index (κ3) is 2.47. The van der Waals surface area contributed by atoms with Gasteiger partial charge in [0.1, 0.15) is 11.5 Å². The molecule has 1 fully saturated rings. The number of fused-ring (bicyclic) bond motifs is 2. The number of hydrogen-bond donors (Lipinski definition) is 0. The first kappa shape index (κ1) is 17.0. The van der Waals surface area contributed by atoms with Crippen molar-refractivity contribution in [2.45, 2.75) is 38.4 Å². The van der Waals surface area contributed by atoms with E-state index < -0.39 is 23.2 Å². The number of alkyl halides is 3. The molecule has 5 nitrogen and oxygen atoms in total. The zero-order chi connectivity index (χ0) is 18.7. The monoisotopic (exact) mass is 366 g/mol. The molecule has 0 bridgehead atoms. The second-order valence-corrected chi connectivity index (χ2v) is 6.58. The molecule has 3 aliphatic heterocycles. The molecule has 1 saturated heterocycles. The summed E-state index contributed by atoms with van der Waals surface area (Å²) in [7, 11) is 0. The first-order chi connectivity index (χ1) is 12.2. The Hall–Kier alpha value is -2.48. The zero-order valence-electron chi connectivity index (χ0n) is 14.4. The predicted molar refractivity (Wildman–Crippen MR) is 87.2 cm³/mol. The molecule has 4 rings (SSSR count). The molecule has 0 spiro atoms. The SMILES string of the molecule is CCOC1=CC=CN2OC12C1=NC(C)(C)Oc2ccc(C(F)(F)F)cc21. The van der Waals surface area contributed by atoms with Crippen molar-refractivity contribution in [1.82, 2.24) is 5.06 Å². The van der Waals surface area contributed by atoms with Crippen molar-refractivity contribution in [3.8, 4) is 5.75 Å². The van der Waals surface area contributed by atoms with E-state index in [2.05, 4.69) is 4.99 Å². The molecule has 26 heavy (non-hydrogen) atoms. The van der Waals surface area contributed by atoms with Crippen molar-refractivity contribution in [3.63, 3.8) is 0 Å². The van der Waals surface area contributed by atoms with E-state index in [9.17, 15) is 13.2 Å². The van der Waals surface area contributed by atoms with Crippen LogP contribution < -0.4 is 4.74 Å². The lowest BCUT2D eigenvalue weighted by atomic mass is 9.93. The molecule has 8 heteroatoms. The average Bonchev–Trinajstić information content (AvgIpc) is 3.29. The molecular formula is C18H17F3N2O3. The van der Waals surface area contributed by atoms with E-state index in [-0.39, 0.29) is 5.56 Å². The van der Waals surface area contributed by atoms with E-state index in [0.717, 1.165) is 12.1 Å². The van der Waals surface area contributed by atoms with Crippen molar-refractivity contribution in [2.24, 2.45) is 4.99 Å². The fourth-order valence-corrected chi connectivity index (χ4v) is 3.16. The highest BCUT2D eigenvalue weighted by Gasteiger charge is 2.65. The summed E-state index contributed by atoms with van der Waals surface area (Å²) in [5, 5.41) is 1.52. The molecular weight excluding hydrogens is 349 g/mol. The van der Waals surface area contributed by atoms with Crippen LogP contribution in [0.25, 0.3) is 0 Å². The van der Waals surface area contributed by atoms with E-state index in [4.69, 9.17) is 14.3 Å². The lowest BCUT2D eigenvalue weighted by molar-refractivity contribution is -0.137. The van der Waals surface area contributed by atoms with Gasteiger partial charge in [-0.1, -0.05) is 0 Å². The minimum absolute atomic E-state index is 0.238. The molecule has 1 unspecified atom stereocenters. The third-order valence-electron chi connectivity index (χ3n) is 4.24. The highest BCUT2D eigenvalue weighted by Crippen LogP contribution is 2.50. The number of nitrogens with zero attached hydrogens (tertiary/aromatic N) is 2. The van der Waals surface area contributed by atoms with E-state index >= 15 is 0 Å². The van der Waals surface area contributed by atoms with Gasteiger partial charge in [0.05, 0.1) is 12.2 Å². The highest BCUT2D eigenvalue weighted by atomic mass is 19.4. The molecule has 0 aromatic heterocycles. The van der Waals surface area contributed by atoms with Crippen LogP contribution in [0.1, 0.15) is 31.9 Å². The van der Waals surface area contributed by atoms with Gasteiger partial charge in [0.15, 0.2) is 11.5 Å². The Kier molecular flexibility index (Phi) is 3.43. The Bertz CT molecular complexity index is 858. The van der Waals surface area contributed by atoms with Crippen LogP contribution in [0.15, 0.2) is 47.3 Å². The van der Waals surface area contributed by atoms with Gasteiger partial charge in [-0.3, -0.25) is 0 Å². The number of rotatable bonds is 3. The summed E-state index contributed by atoms with van der Waals surface area (Å²) in [6, 6.07) is 3.36. The van der Waals surface area contributed by atoms with E-state index in [1.807, 2.05) is 6.92 Å². The van der Waals surface area contributed by atoms with Crippen LogP contribution in [0.5, 0.6) is 5.75 Å². The van der Waals surface area contributed by atoms with Crippen molar-refractivity contribution in [3.05, 3.63) is 53.4 Å². The number of hydroxylamine groups is 2. The summed E-state index contributed by atoms with van der Waals surface area (Å²) >= 11 is 0. The molecule has 0 saturated carbocycles. The summed E-state index contributed by atoms with van der Waals surface area (Å²) in [5.41, 5.74) is -2.32. The van der Waals surface area contributed by atoms with Gasteiger partial charge in [0.25, 0.3) is 5.72 Å². The van der Waals surface area contributed by atoms with Crippen molar-refractivity contribution in [1.29, 1.82) is 0 Å². The molecule has 0 aliphatic carbocycles. The van der Waals surface area contributed by atoms with Crippen LogP contribution in [-0.4, -0.2) is 28.8 Å². The fourth-order valence-electron chi connectivity index (χ4n) is 3.16. The van der Waals surface area contributed by atoms with Crippen LogP contribution in [-0.2, 0) is 15.8 Å². The molecule has 1 aromatic rings. The van der Waals surface area contributed by atoms with E-state index in [1.54, 1.807) is 32.2 Å². The molecule has 3 aliphatic rings. The number of benzene rings is 1. The Morgan fingerprint density at radius 2 is 2.04 bits per heavy atom. The van der Waals surface area contributed by atoms with Crippen molar-refractivity contribution < 1.29 is 27.5 Å². The van der Waals surface area contributed by atoms with Gasteiger partial charge in [-0.05, 0) is 51.1 Å². The van der Waals surface area contributed by atoms with E-state index in [1.165, 1.54) is 11.1 Å². The average molecular weight is 366 g/mol. The molecule has 1 atom stereocenters. The molecule has 3 heterocycles. The van der Waals surface area contributed by atoms with Gasteiger partial charge in [-0.25, -0.2) is 14.9 Å². The molecule has 138 valence electrons.